The summed E-state index contributed by atoms with van der Waals surface area (Å²) in [6, 6.07) is 5.36. The predicted octanol–water partition coefficient (Wildman–Crippen LogP) is 1.47. The van der Waals surface area contributed by atoms with Gasteiger partial charge in [0.25, 0.3) is 0 Å². The van der Waals surface area contributed by atoms with Gasteiger partial charge < -0.3 is 20.4 Å². The maximum Gasteiger partial charge on any atom is 0.238 e. The van der Waals surface area contributed by atoms with Crippen LogP contribution in [-0.4, -0.2) is 61.3 Å². The summed E-state index contributed by atoms with van der Waals surface area (Å²) in [6.45, 7) is 6.64. The summed E-state index contributed by atoms with van der Waals surface area (Å²) in [5.74, 6) is -0.733. The molecule has 0 aromatic heterocycles. The number of nitrogens with one attached hydrogen (secondary N) is 2. The van der Waals surface area contributed by atoms with Crippen molar-refractivity contribution in [3.63, 3.8) is 0 Å². The van der Waals surface area contributed by atoms with E-state index < -0.39 is 0 Å². The molecule has 3 amide bonds. The van der Waals surface area contributed by atoms with Crippen LogP contribution in [0.5, 0.6) is 0 Å². The molecule has 140 valence electrons. The second-order valence-electron chi connectivity index (χ2n) is 6.79. The number of amides is 3. The van der Waals surface area contributed by atoms with Crippen LogP contribution in [0.3, 0.4) is 0 Å². The van der Waals surface area contributed by atoms with Crippen molar-refractivity contribution in [2.45, 2.75) is 13.3 Å². The summed E-state index contributed by atoms with van der Waals surface area (Å²) in [5, 5.41) is 5.69. The van der Waals surface area contributed by atoms with Crippen LogP contribution in [0, 0.1) is 12.8 Å². The molecular weight excluding hydrogens is 332 g/mol. The van der Waals surface area contributed by atoms with Crippen LogP contribution in [0.4, 0.5) is 11.4 Å². The maximum absolute atomic E-state index is 12.5. The number of aryl methyl sites for hydroxylation is 1. The van der Waals surface area contributed by atoms with Gasteiger partial charge >= 0.3 is 0 Å². The van der Waals surface area contributed by atoms with E-state index in [-0.39, 0.29) is 36.6 Å². The number of nitrogens with zero attached hydrogens (tertiary/aromatic N) is 2. The Kier molecular flexibility index (Phi) is 6.52. The fourth-order valence-corrected chi connectivity index (χ4v) is 2.84. The van der Waals surface area contributed by atoms with Crippen molar-refractivity contribution in [3.8, 4) is 0 Å². The molecule has 1 atom stereocenters. The van der Waals surface area contributed by atoms with Crippen molar-refractivity contribution < 1.29 is 14.4 Å². The average molecular weight is 358 g/mol. The van der Waals surface area contributed by atoms with E-state index >= 15 is 0 Å². The molecule has 1 aliphatic rings. The molecule has 1 aromatic rings. The van der Waals surface area contributed by atoms with Gasteiger partial charge in [0.2, 0.25) is 17.7 Å². The lowest BCUT2D eigenvalue weighted by atomic mass is 10.1. The number of benzene rings is 1. The lowest BCUT2D eigenvalue weighted by Crippen LogP contribution is -2.28. The minimum Gasteiger partial charge on any atom is -0.338 e. The Labute approximate surface area is 154 Å². The molecule has 0 saturated carbocycles. The normalized spacial score (nSPS) is 16.7. The van der Waals surface area contributed by atoms with Gasteiger partial charge in [-0.1, -0.05) is 12.1 Å². The predicted molar refractivity (Wildman–Crippen MR) is 102 cm³/mol. The van der Waals surface area contributed by atoms with Crippen molar-refractivity contribution in [1.82, 2.24) is 9.80 Å². The fraction of sp³-hybridized carbons (Fsp3) is 0.421. The lowest BCUT2D eigenvalue weighted by molar-refractivity contribution is -0.127. The largest absolute Gasteiger partial charge is 0.338 e. The molecule has 1 unspecified atom stereocenters. The van der Waals surface area contributed by atoms with Gasteiger partial charge in [0.15, 0.2) is 0 Å². The minimum absolute atomic E-state index is 0.0365. The van der Waals surface area contributed by atoms with E-state index in [4.69, 9.17) is 0 Å². The van der Waals surface area contributed by atoms with Crippen LogP contribution in [0.15, 0.2) is 30.9 Å². The highest BCUT2D eigenvalue weighted by molar-refractivity contribution is 5.98. The van der Waals surface area contributed by atoms with Gasteiger partial charge in [-0.2, -0.15) is 0 Å². The Balaban J connectivity index is 2.02. The minimum atomic E-state index is -0.379. The summed E-state index contributed by atoms with van der Waals surface area (Å²) < 4.78 is 0. The molecule has 0 bridgehead atoms. The number of carbonyl (C=O) groups is 3. The summed E-state index contributed by atoms with van der Waals surface area (Å²) >= 11 is 0. The quantitative estimate of drug-likeness (QED) is 0.723. The molecule has 1 saturated heterocycles. The van der Waals surface area contributed by atoms with Crippen molar-refractivity contribution >= 4 is 29.1 Å². The third-order valence-corrected chi connectivity index (χ3v) is 4.17. The molecule has 2 N–H and O–H groups in total. The van der Waals surface area contributed by atoms with Crippen molar-refractivity contribution in [1.29, 1.82) is 0 Å². The monoisotopic (exact) mass is 358 g/mol. The number of anilines is 2. The van der Waals surface area contributed by atoms with E-state index in [0.717, 1.165) is 5.56 Å². The number of likely N-dealkylation sites (N-methyl/N-ethyl adjacent to an activating group) is 1. The third kappa shape index (κ3) is 5.16. The first-order chi connectivity index (χ1) is 12.3. The van der Waals surface area contributed by atoms with Gasteiger partial charge in [0.1, 0.15) is 0 Å². The van der Waals surface area contributed by atoms with E-state index in [1.54, 1.807) is 28.0 Å². The van der Waals surface area contributed by atoms with Crippen molar-refractivity contribution in [3.05, 3.63) is 36.4 Å². The highest BCUT2D eigenvalue weighted by Gasteiger charge is 2.33. The third-order valence-electron chi connectivity index (χ3n) is 4.17. The van der Waals surface area contributed by atoms with Crippen LogP contribution in [0.25, 0.3) is 0 Å². The smallest absolute Gasteiger partial charge is 0.238 e. The first-order valence-corrected chi connectivity index (χ1v) is 8.55. The zero-order valence-electron chi connectivity index (χ0n) is 15.5. The Hall–Kier alpha value is -2.67. The van der Waals surface area contributed by atoms with Crippen molar-refractivity contribution in [2.24, 2.45) is 5.92 Å². The summed E-state index contributed by atoms with van der Waals surface area (Å²) in [4.78, 5) is 39.7. The molecule has 0 aliphatic carbocycles. The molecule has 0 radical (unpaired) electrons. The van der Waals surface area contributed by atoms with E-state index in [2.05, 4.69) is 17.2 Å². The first-order valence-electron chi connectivity index (χ1n) is 8.55. The maximum atomic E-state index is 12.5. The number of hydrogen-bond donors (Lipinski definition) is 2. The standard InChI is InChI=1S/C19H26N4O3/c1-5-8-23-11-14(9-18(23)25)19(26)20-15-7-6-13(2)16(10-15)21-17(24)12-22(3)4/h5-7,10,14H,1,8-9,11-12H2,2-4H3,(H,20,26)(H,21,24). The van der Waals surface area contributed by atoms with Gasteiger partial charge in [0.05, 0.1) is 12.5 Å². The molecular formula is C19H26N4O3. The topological polar surface area (TPSA) is 81.8 Å². The summed E-state index contributed by atoms with van der Waals surface area (Å²) in [7, 11) is 3.64. The summed E-state index contributed by atoms with van der Waals surface area (Å²) in [6.07, 6.45) is 1.86. The van der Waals surface area contributed by atoms with Crippen LogP contribution in [0.2, 0.25) is 0 Å². The van der Waals surface area contributed by atoms with E-state index in [1.165, 1.54) is 0 Å². The van der Waals surface area contributed by atoms with E-state index in [0.29, 0.717) is 24.5 Å². The zero-order valence-corrected chi connectivity index (χ0v) is 15.5. The van der Waals surface area contributed by atoms with Crippen LogP contribution < -0.4 is 10.6 Å². The van der Waals surface area contributed by atoms with Gasteiger partial charge in [-0.05, 0) is 38.7 Å². The molecule has 1 aliphatic heterocycles. The van der Waals surface area contributed by atoms with Gasteiger partial charge in [-0.15, -0.1) is 6.58 Å². The van der Waals surface area contributed by atoms with Crippen LogP contribution in [0.1, 0.15) is 12.0 Å². The van der Waals surface area contributed by atoms with Gasteiger partial charge in [-0.3, -0.25) is 14.4 Å². The second kappa shape index (κ2) is 8.62. The fourth-order valence-electron chi connectivity index (χ4n) is 2.84. The highest BCUT2D eigenvalue weighted by atomic mass is 16.2. The highest BCUT2D eigenvalue weighted by Crippen LogP contribution is 2.23. The molecule has 2 rings (SSSR count). The lowest BCUT2D eigenvalue weighted by Gasteiger charge is -2.15. The second-order valence-corrected chi connectivity index (χ2v) is 6.79. The van der Waals surface area contributed by atoms with Crippen LogP contribution >= 0.6 is 0 Å². The number of carbonyl (C=O) groups excluding carboxylic acids is 3. The Morgan fingerprint density at radius 3 is 2.73 bits per heavy atom. The number of rotatable bonds is 7. The Morgan fingerprint density at radius 2 is 2.08 bits per heavy atom. The average Bonchev–Trinajstić information content (AvgIpc) is 2.91. The molecule has 7 nitrogen and oxygen atoms in total. The zero-order chi connectivity index (χ0) is 19.3. The van der Waals surface area contributed by atoms with E-state index in [1.807, 2.05) is 27.1 Å². The number of hydrogen-bond acceptors (Lipinski definition) is 4. The Bertz CT molecular complexity index is 715. The molecule has 1 fully saturated rings. The van der Waals surface area contributed by atoms with Gasteiger partial charge in [0, 0.05) is 30.9 Å². The van der Waals surface area contributed by atoms with Crippen LogP contribution in [-0.2, 0) is 14.4 Å². The number of likely N-dealkylation sites (tertiary alicyclic amines) is 1. The van der Waals surface area contributed by atoms with E-state index in [9.17, 15) is 14.4 Å². The van der Waals surface area contributed by atoms with Gasteiger partial charge in [-0.25, -0.2) is 0 Å². The molecule has 7 heteroatoms. The Morgan fingerprint density at radius 1 is 1.35 bits per heavy atom. The summed E-state index contributed by atoms with van der Waals surface area (Å²) in [5.41, 5.74) is 2.16. The first kappa shape index (κ1) is 19.7. The molecule has 1 aromatic carbocycles. The SMILES string of the molecule is C=CCN1CC(C(=O)Nc2ccc(C)c(NC(=O)CN(C)C)c2)CC1=O. The molecule has 0 spiro atoms. The molecule has 1 heterocycles. The van der Waals surface area contributed by atoms with Crippen molar-refractivity contribution in [2.75, 3.05) is 44.4 Å². The molecule has 26 heavy (non-hydrogen) atoms.